The summed E-state index contributed by atoms with van der Waals surface area (Å²) in [4.78, 5) is 24.9. The number of likely N-dealkylation sites (tertiary alicyclic amines) is 1. The number of aliphatic carboxylic acids is 1. The van der Waals surface area contributed by atoms with Crippen LogP contribution in [0.15, 0.2) is 0 Å². The van der Waals surface area contributed by atoms with Gasteiger partial charge in [-0.2, -0.15) is 0 Å². The molecule has 2 atom stereocenters. The van der Waals surface area contributed by atoms with E-state index in [1.165, 1.54) is 0 Å². The summed E-state index contributed by atoms with van der Waals surface area (Å²) in [7, 11) is 0. The molecule has 0 aliphatic carbocycles. The molecule has 1 heterocycles. The van der Waals surface area contributed by atoms with E-state index in [1.807, 2.05) is 0 Å². The zero-order chi connectivity index (χ0) is 14.4. The van der Waals surface area contributed by atoms with Gasteiger partial charge in [-0.3, -0.25) is 9.59 Å². The van der Waals surface area contributed by atoms with Crippen LogP contribution in [0.4, 0.5) is 0 Å². The fourth-order valence-electron chi connectivity index (χ4n) is 2.71. The van der Waals surface area contributed by atoms with Gasteiger partial charge in [-0.15, -0.1) is 0 Å². The molecule has 19 heavy (non-hydrogen) atoms. The lowest BCUT2D eigenvalue weighted by atomic mass is 9.92. The van der Waals surface area contributed by atoms with Gasteiger partial charge in [-0.25, -0.2) is 0 Å². The molecule has 5 heteroatoms. The van der Waals surface area contributed by atoms with Crippen LogP contribution in [0.25, 0.3) is 0 Å². The number of carboxylic acid groups (broad SMARTS) is 1. The van der Waals surface area contributed by atoms with Crippen LogP contribution in [0.1, 0.15) is 39.5 Å². The molecule has 0 spiro atoms. The van der Waals surface area contributed by atoms with Crippen LogP contribution in [0.3, 0.4) is 0 Å². The van der Waals surface area contributed by atoms with Crippen molar-refractivity contribution in [1.29, 1.82) is 0 Å². The predicted molar refractivity (Wildman–Crippen MR) is 73.6 cm³/mol. The Balaban J connectivity index is 2.49. The Morgan fingerprint density at radius 3 is 2.63 bits per heavy atom. The van der Waals surface area contributed by atoms with Gasteiger partial charge in [0.1, 0.15) is 0 Å². The third-order valence-corrected chi connectivity index (χ3v) is 3.72. The van der Waals surface area contributed by atoms with Crippen molar-refractivity contribution in [3.8, 4) is 0 Å². The summed E-state index contributed by atoms with van der Waals surface area (Å²) in [5.74, 6) is -0.414. The van der Waals surface area contributed by atoms with Gasteiger partial charge in [0.2, 0.25) is 5.91 Å². The van der Waals surface area contributed by atoms with Gasteiger partial charge in [-0.1, -0.05) is 13.8 Å². The van der Waals surface area contributed by atoms with Crippen LogP contribution in [-0.2, 0) is 9.59 Å². The Hall–Kier alpha value is -1.10. The van der Waals surface area contributed by atoms with E-state index in [1.54, 1.807) is 4.90 Å². The van der Waals surface area contributed by atoms with Crippen molar-refractivity contribution in [2.24, 2.45) is 23.5 Å². The minimum atomic E-state index is -0.796. The molecule has 0 radical (unpaired) electrons. The van der Waals surface area contributed by atoms with E-state index < -0.39 is 11.9 Å². The largest absolute Gasteiger partial charge is 0.481 e. The van der Waals surface area contributed by atoms with Crippen LogP contribution in [0.5, 0.6) is 0 Å². The first-order chi connectivity index (χ1) is 8.93. The van der Waals surface area contributed by atoms with Gasteiger partial charge >= 0.3 is 5.97 Å². The molecular formula is C14H26N2O3. The lowest BCUT2D eigenvalue weighted by Gasteiger charge is -2.32. The Morgan fingerprint density at radius 1 is 1.42 bits per heavy atom. The second-order valence-corrected chi connectivity index (χ2v) is 5.95. The SMILES string of the molecule is CC(C)CC(CN)CC(=O)N1CCCC(C(=O)O)C1. The summed E-state index contributed by atoms with van der Waals surface area (Å²) in [6.07, 6.45) is 2.84. The number of rotatable bonds is 6. The van der Waals surface area contributed by atoms with Crippen molar-refractivity contribution in [2.75, 3.05) is 19.6 Å². The first-order valence-corrected chi connectivity index (χ1v) is 7.14. The minimum Gasteiger partial charge on any atom is -0.481 e. The number of nitrogens with zero attached hydrogens (tertiary/aromatic N) is 1. The highest BCUT2D eigenvalue weighted by atomic mass is 16.4. The maximum Gasteiger partial charge on any atom is 0.308 e. The highest BCUT2D eigenvalue weighted by molar-refractivity contribution is 5.78. The quantitative estimate of drug-likeness (QED) is 0.762. The third-order valence-electron chi connectivity index (χ3n) is 3.72. The van der Waals surface area contributed by atoms with Crippen LogP contribution in [-0.4, -0.2) is 41.5 Å². The fourth-order valence-corrected chi connectivity index (χ4v) is 2.71. The lowest BCUT2D eigenvalue weighted by molar-refractivity contribution is -0.145. The topological polar surface area (TPSA) is 83.6 Å². The maximum atomic E-state index is 12.2. The van der Waals surface area contributed by atoms with Crippen molar-refractivity contribution in [3.63, 3.8) is 0 Å². The van der Waals surface area contributed by atoms with E-state index in [0.29, 0.717) is 38.4 Å². The highest BCUT2D eigenvalue weighted by Crippen LogP contribution is 2.20. The molecule has 0 saturated carbocycles. The van der Waals surface area contributed by atoms with Crippen LogP contribution in [0, 0.1) is 17.8 Å². The Morgan fingerprint density at radius 2 is 2.11 bits per heavy atom. The summed E-state index contributed by atoms with van der Waals surface area (Å²) in [6, 6.07) is 0. The molecule has 1 aliphatic heterocycles. The third kappa shape index (κ3) is 5.19. The summed E-state index contributed by atoms with van der Waals surface area (Å²) >= 11 is 0. The van der Waals surface area contributed by atoms with Gasteiger partial charge in [0.15, 0.2) is 0 Å². The van der Waals surface area contributed by atoms with Gasteiger partial charge < -0.3 is 15.7 Å². The molecule has 110 valence electrons. The summed E-state index contributed by atoms with van der Waals surface area (Å²) in [5, 5.41) is 9.03. The predicted octanol–water partition coefficient (Wildman–Crippen LogP) is 1.32. The molecule has 2 unspecified atom stereocenters. The summed E-state index contributed by atoms with van der Waals surface area (Å²) < 4.78 is 0. The average Bonchev–Trinajstić information content (AvgIpc) is 2.37. The Bertz CT molecular complexity index is 318. The maximum absolute atomic E-state index is 12.2. The van der Waals surface area contributed by atoms with Gasteiger partial charge in [0.05, 0.1) is 5.92 Å². The van der Waals surface area contributed by atoms with Crippen LogP contribution < -0.4 is 5.73 Å². The first kappa shape index (κ1) is 16.0. The van der Waals surface area contributed by atoms with E-state index in [0.717, 1.165) is 12.8 Å². The zero-order valence-corrected chi connectivity index (χ0v) is 12.0. The van der Waals surface area contributed by atoms with E-state index >= 15 is 0 Å². The molecule has 3 N–H and O–H groups in total. The van der Waals surface area contributed by atoms with Gasteiger partial charge in [-0.05, 0) is 37.6 Å². The Labute approximate surface area is 115 Å². The van der Waals surface area contributed by atoms with Crippen LogP contribution >= 0.6 is 0 Å². The average molecular weight is 270 g/mol. The molecule has 5 nitrogen and oxygen atoms in total. The number of amides is 1. The normalized spacial score (nSPS) is 21.5. The number of carbonyl (C=O) groups excluding carboxylic acids is 1. The van der Waals surface area contributed by atoms with Crippen molar-refractivity contribution >= 4 is 11.9 Å². The van der Waals surface area contributed by atoms with E-state index in [2.05, 4.69) is 13.8 Å². The van der Waals surface area contributed by atoms with E-state index in [9.17, 15) is 9.59 Å². The molecule has 1 aliphatic rings. The van der Waals surface area contributed by atoms with E-state index in [4.69, 9.17) is 10.8 Å². The Kier molecular flexibility index (Phi) is 6.28. The second-order valence-electron chi connectivity index (χ2n) is 5.95. The standard InChI is InChI=1S/C14H26N2O3/c1-10(2)6-11(8-15)7-13(17)16-5-3-4-12(9-16)14(18)19/h10-12H,3-9,15H2,1-2H3,(H,18,19). The molecule has 1 rings (SSSR count). The van der Waals surface area contributed by atoms with E-state index in [-0.39, 0.29) is 11.8 Å². The molecular weight excluding hydrogens is 244 g/mol. The number of piperidine rings is 1. The molecule has 1 fully saturated rings. The van der Waals surface area contributed by atoms with Crippen molar-refractivity contribution in [3.05, 3.63) is 0 Å². The molecule has 0 bridgehead atoms. The number of hydrogen-bond donors (Lipinski definition) is 2. The molecule has 0 aromatic rings. The minimum absolute atomic E-state index is 0.0575. The molecule has 0 aromatic heterocycles. The number of nitrogens with two attached hydrogens (primary N) is 1. The fraction of sp³-hybridized carbons (Fsp3) is 0.857. The molecule has 1 amide bonds. The zero-order valence-electron chi connectivity index (χ0n) is 12.0. The van der Waals surface area contributed by atoms with Gasteiger partial charge in [0.25, 0.3) is 0 Å². The smallest absolute Gasteiger partial charge is 0.308 e. The summed E-state index contributed by atoms with van der Waals surface area (Å²) in [5.41, 5.74) is 5.71. The van der Waals surface area contributed by atoms with Crippen LogP contribution in [0.2, 0.25) is 0 Å². The molecule has 0 aromatic carbocycles. The van der Waals surface area contributed by atoms with Gasteiger partial charge in [0, 0.05) is 19.5 Å². The van der Waals surface area contributed by atoms with Crippen molar-refractivity contribution in [2.45, 2.75) is 39.5 Å². The lowest BCUT2D eigenvalue weighted by Crippen LogP contribution is -2.43. The highest BCUT2D eigenvalue weighted by Gasteiger charge is 2.28. The monoisotopic (exact) mass is 270 g/mol. The first-order valence-electron chi connectivity index (χ1n) is 7.14. The second kappa shape index (κ2) is 7.48. The number of carbonyl (C=O) groups is 2. The van der Waals surface area contributed by atoms with Crippen molar-refractivity contribution in [1.82, 2.24) is 4.90 Å². The number of carboxylic acids is 1. The van der Waals surface area contributed by atoms with Crippen molar-refractivity contribution < 1.29 is 14.7 Å². The molecule has 1 saturated heterocycles. The summed E-state index contributed by atoms with van der Waals surface area (Å²) in [6.45, 7) is 5.79. The number of hydrogen-bond acceptors (Lipinski definition) is 3.